The van der Waals surface area contributed by atoms with Gasteiger partial charge in [-0.15, -0.1) is 11.3 Å². The van der Waals surface area contributed by atoms with Crippen molar-refractivity contribution in [3.63, 3.8) is 0 Å². The molecule has 2 heterocycles. The van der Waals surface area contributed by atoms with E-state index in [9.17, 15) is 0 Å². The van der Waals surface area contributed by atoms with Gasteiger partial charge < -0.3 is 0 Å². The van der Waals surface area contributed by atoms with Gasteiger partial charge in [0.25, 0.3) is 0 Å². The first kappa shape index (κ1) is 32.1. The lowest BCUT2D eigenvalue weighted by atomic mass is 9.81. The third-order valence-electron chi connectivity index (χ3n) is 10.6. The number of fused-ring (bicyclic) bond motifs is 4. The molecule has 7 aromatic carbocycles. The van der Waals surface area contributed by atoms with Crippen LogP contribution in [0.5, 0.6) is 0 Å². The molecule has 2 aromatic heterocycles. The summed E-state index contributed by atoms with van der Waals surface area (Å²) in [6.07, 6.45) is 0. The average molecular weight is 711 g/mol. The van der Waals surface area contributed by atoms with E-state index in [1.54, 1.807) is 11.3 Å². The Hall–Kier alpha value is -6.56. The highest BCUT2D eigenvalue weighted by Crippen LogP contribution is 2.49. The van der Waals surface area contributed by atoms with Crippen molar-refractivity contribution in [2.75, 3.05) is 0 Å². The molecule has 0 fully saturated rings. The summed E-state index contributed by atoms with van der Waals surface area (Å²) in [4.78, 5) is 20.1. The molecule has 0 bridgehead atoms. The van der Waals surface area contributed by atoms with E-state index in [0.717, 1.165) is 48.6 Å². The Morgan fingerprint density at radius 2 is 0.889 bits per heavy atom. The van der Waals surface area contributed by atoms with Gasteiger partial charge >= 0.3 is 0 Å². The number of hydrogen-bond donors (Lipinski definition) is 0. The second kappa shape index (κ2) is 12.8. The largest absolute Gasteiger partial charge is 0.236 e. The van der Waals surface area contributed by atoms with Gasteiger partial charge in [0.2, 0.25) is 0 Å². The summed E-state index contributed by atoms with van der Waals surface area (Å²) >= 11 is 1.69. The van der Waals surface area contributed by atoms with Gasteiger partial charge in [-0.3, -0.25) is 0 Å². The van der Waals surface area contributed by atoms with Crippen LogP contribution in [0.3, 0.4) is 0 Å². The molecule has 0 atom stereocenters. The minimum Gasteiger partial charge on any atom is -0.236 e. The molecular formula is C49H34N4S. The van der Waals surface area contributed by atoms with E-state index in [0.29, 0.717) is 17.5 Å². The highest BCUT2D eigenvalue weighted by molar-refractivity contribution is 7.21. The van der Waals surface area contributed by atoms with E-state index in [4.69, 9.17) is 19.9 Å². The molecule has 0 radical (unpaired) electrons. The normalized spacial score (nSPS) is 12.8. The molecule has 0 N–H and O–H groups in total. The van der Waals surface area contributed by atoms with E-state index in [2.05, 4.69) is 147 Å². The summed E-state index contributed by atoms with van der Waals surface area (Å²) in [5.74, 6) is 1.91. The third kappa shape index (κ3) is 5.61. The summed E-state index contributed by atoms with van der Waals surface area (Å²) in [5.41, 5.74) is 15.0. The van der Waals surface area contributed by atoms with Gasteiger partial charge in [0.15, 0.2) is 17.5 Å². The summed E-state index contributed by atoms with van der Waals surface area (Å²) in [5, 5.41) is 0.985. The van der Waals surface area contributed by atoms with Crippen LogP contribution in [0.2, 0.25) is 0 Å². The average Bonchev–Trinajstić information content (AvgIpc) is 3.77. The quantitative estimate of drug-likeness (QED) is 0.172. The lowest BCUT2D eigenvalue weighted by Gasteiger charge is -2.22. The molecule has 0 spiro atoms. The van der Waals surface area contributed by atoms with Gasteiger partial charge in [-0.05, 0) is 74.8 Å². The van der Waals surface area contributed by atoms with Gasteiger partial charge in [-0.1, -0.05) is 153 Å². The van der Waals surface area contributed by atoms with E-state index in [-0.39, 0.29) is 5.41 Å². The Morgan fingerprint density at radius 3 is 1.65 bits per heavy atom. The van der Waals surface area contributed by atoms with Crippen molar-refractivity contribution in [3.8, 4) is 78.1 Å². The van der Waals surface area contributed by atoms with Crippen molar-refractivity contribution in [1.82, 2.24) is 19.9 Å². The van der Waals surface area contributed by atoms with Crippen molar-refractivity contribution >= 4 is 21.6 Å². The molecule has 9 aromatic rings. The molecule has 0 saturated heterocycles. The van der Waals surface area contributed by atoms with Crippen LogP contribution in [-0.2, 0) is 5.41 Å². The van der Waals surface area contributed by atoms with Crippen molar-refractivity contribution in [2.45, 2.75) is 19.3 Å². The predicted molar refractivity (Wildman–Crippen MR) is 223 cm³/mol. The standard InChI is InChI=1S/C49H34N4S/c1-49(2)41-19-10-9-18-39(41)40-26-24-36(29-42(40)49)32-20-22-34(23-21-32)48-50-43-27-25-38(30-44(43)54-48)47-52-45(33-14-7-4-8-15-33)51-46(53-47)37-17-11-16-35(28-37)31-12-5-3-6-13-31/h3-30H,1-2H3. The monoisotopic (exact) mass is 710 g/mol. The maximum absolute atomic E-state index is 5.05. The van der Waals surface area contributed by atoms with Gasteiger partial charge in [0.1, 0.15) is 5.01 Å². The molecule has 1 aliphatic carbocycles. The van der Waals surface area contributed by atoms with Crippen LogP contribution >= 0.6 is 11.3 Å². The molecule has 0 unspecified atom stereocenters. The number of thiazole rings is 1. The van der Waals surface area contributed by atoms with Crippen LogP contribution in [0, 0.1) is 0 Å². The van der Waals surface area contributed by atoms with Crippen LogP contribution in [0.1, 0.15) is 25.0 Å². The molecule has 0 amide bonds. The van der Waals surface area contributed by atoms with Crippen LogP contribution in [0.4, 0.5) is 0 Å². The van der Waals surface area contributed by atoms with Crippen LogP contribution in [0.15, 0.2) is 170 Å². The lowest BCUT2D eigenvalue weighted by Crippen LogP contribution is -2.14. The van der Waals surface area contributed by atoms with Gasteiger partial charge in [0.05, 0.1) is 10.2 Å². The number of benzene rings is 7. The summed E-state index contributed by atoms with van der Waals surface area (Å²) in [6, 6.07) is 59.7. The molecule has 1 aliphatic rings. The molecule has 5 heteroatoms. The number of aromatic nitrogens is 4. The Labute approximate surface area is 318 Å². The first-order chi connectivity index (χ1) is 26.5. The summed E-state index contributed by atoms with van der Waals surface area (Å²) < 4.78 is 1.08. The Kier molecular flexibility index (Phi) is 7.63. The number of nitrogens with zero attached hydrogens (tertiary/aromatic N) is 4. The summed E-state index contributed by atoms with van der Waals surface area (Å²) in [7, 11) is 0. The van der Waals surface area contributed by atoms with Crippen LogP contribution in [-0.4, -0.2) is 19.9 Å². The highest BCUT2D eigenvalue weighted by atomic mass is 32.1. The van der Waals surface area contributed by atoms with E-state index < -0.39 is 0 Å². The van der Waals surface area contributed by atoms with E-state index in [1.807, 2.05) is 36.4 Å². The fourth-order valence-corrected chi connectivity index (χ4v) is 8.71. The molecule has 4 nitrogen and oxygen atoms in total. The van der Waals surface area contributed by atoms with Gasteiger partial charge in [-0.25, -0.2) is 19.9 Å². The van der Waals surface area contributed by atoms with Crippen molar-refractivity contribution < 1.29 is 0 Å². The Balaban J connectivity index is 0.981. The second-order valence-corrected chi connectivity index (χ2v) is 15.4. The summed E-state index contributed by atoms with van der Waals surface area (Å²) in [6.45, 7) is 4.66. The minimum atomic E-state index is -0.0266. The van der Waals surface area contributed by atoms with Crippen LogP contribution < -0.4 is 0 Å². The molecule has 54 heavy (non-hydrogen) atoms. The fraction of sp³-hybridized carbons (Fsp3) is 0.0612. The molecular weight excluding hydrogens is 677 g/mol. The fourth-order valence-electron chi connectivity index (χ4n) is 7.70. The maximum atomic E-state index is 5.05. The molecule has 10 rings (SSSR count). The Morgan fingerprint density at radius 1 is 0.370 bits per heavy atom. The predicted octanol–water partition coefficient (Wildman–Crippen LogP) is 12.8. The van der Waals surface area contributed by atoms with E-state index in [1.165, 1.54) is 33.4 Å². The third-order valence-corrected chi connectivity index (χ3v) is 11.7. The van der Waals surface area contributed by atoms with Gasteiger partial charge in [-0.2, -0.15) is 0 Å². The smallest absolute Gasteiger partial charge is 0.164 e. The topological polar surface area (TPSA) is 51.6 Å². The lowest BCUT2D eigenvalue weighted by molar-refractivity contribution is 0.660. The second-order valence-electron chi connectivity index (χ2n) is 14.3. The van der Waals surface area contributed by atoms with Crippen molar-refractivity contribution in [2.24, 2.45) is 0 Å². The maximum Gasteiger partial charge on any atom is 0.164 e. The van der Waals surface area contributed by atoms with Gasteiger partial charge in [0, 0.05) is 27.7 Å². The number of hydrogen-bond acceptors (Lipinski definition) is 5. The number of rotatable bonds is 6. The zero-order valence-electron chi connectivity index (χ0n) is 29.9. The molecule has 0 aliphatic heterocycles. The van der Waals surface area contributed by atoms with Crippen molar-refractivity contribution in [1.29, 1.82) is 0 Å². The SMILES string of the molecule is CC1(C)c2ccccc2-c2ccc(-c3ccc(-c4nc5ccc(-c6nc(-c7ccccc7)nc(-c7cccc(-c8ccccc8)c7)n6)cc5s4)cc3)cc21. The van der Waals surface area contributed by atoms with Crippen molar-refractivity contribution in [3.05, 3.63) is 181 Å². The van der Waals surface area contributed by atoms with Crippen LogP contribution in [0.25, 0.3) is 88.3 Å². The zero-order chi connectivity index (χ0) is 36.2. The first-order valence-electron chi connectivity index (χ1n) is 18.2. The zero-order valence-corrected chi connectivity index (χ0v) is 30.7. The molecule has 256 valence electrons. The van der Waals surface area contributed by atoms with E-state index >= 15 is 0 Å². The Bertz CT molecular complexity index is 2840. The minimum absolute atomic E-state index is 0.0266. The highest BCUT2D eigenvalue weighted by Gasteiger charge is 2.35. The molecule has 0 saturated carbocycles. The first-order valence-corrected chi connectivity index (χ1v) is 19.0.